The van der Waals surface area contributed by atoms with Crippen molar-refractivity contribution in [1.82, 2.24) is 0 Å². The molecular weight excluding hydrogens is 230 g/mol. The average molecular weight is 249 g/mol. The fraction of sp³-hybridized carbons (Fsp3) is 0.462. The number of hydrogen-bond acceptors (Lipinski definition) is 4. The van der Waals surface area contributed by atoms with Crippen molar-refractivity contribution >= 4 is 17.3 Å². The highest BCUT2D eigenvalue weighted by Gasteiger charge is 2.28. The first-order valence-electron chi connectivity index (χ1n) is 6.15. The number of amides is 1. The van der Waals surface area contributed by atoms with Gasteiger partial charge in [-0.25, -0.2) is 0 Å². The van der Waals surface area contributed by atoms with Gasteiger partial charge in [0.1, 0.15) is 0 Å². The van der Waals surface area contributed by atoms with Crippen LogP contribution in [0.4, 0.5) is 11.4 Å². The minimum atomic E-state index is -0.561. The minimum Gasteiger partial charge on any atom is -0.391 e. The Morgan fingerprint density at radius 2 is 2.33 bits per heavy atom. The van der Waals surface area contributed by atoms with E-state index in [4.69, 9.17) is 5.73 Å². The monoisotopic (exact) mass is 249 g/mol. The first-order chi connectivity index (χ1) is 8.65. The highest BCUT2D eigenvalue weighted by molar-refractivity contribution is 6.01. The summed E-state index contributed by atoms with van der Waals surface area (Å²) in [5, 5.41) is 12.8. The third-order valence-electron chi connectivity index (χ3n) is 3.19. The molecule has 0 saturated heterocycles. The number of carbonyl (C=O) groups is 1. The van der Waals surface area contributed by atoms with Crippen LogP contribution in [0.2, 0.25) is 0 Å². The molecule has 1 unspecified atom stereocenters. The minimum absolute atomic E-state index is 0.0364. The van der Waals surface area contributed by atoms with Gasteiger partial charge in [-0.1, -0.05) is 0 Å². The number of rotatable bonds is 5. The maximum absolute atomic E-state index is 11.9. The number of anilines is 2. The lowest BCUT2D eigenvalue weighted by molar-refractivity contribution is -0.117. The molecule has 18 heavy (non-hydrogen) atoms. The van der Waals surface area contributed by atoms with Gasteiger partial charge in [0, 0.05) is 18.4 Å². The molecule has 0 aliphatic carbocycles. The quantitative estimate of drug-likeness (QED) is 0.702. The van der Waals surface area contributed by atoms with Crippen molar-refractivity contribution in [2.24, 2.45) is 5.73 Å². The van der Waals surface area contributed by atoms with E-state index in [1.165, 1.54) is 0 Å². The van der Waals surface area contributed by atoms with E-state index < -0.39 is 6.10 Å². The molecule has 0 saturated carbocycles. The molecule has 0 fully saturated rings. The molecule has 0 radical (unpaired) electrons. The Kier molecular flexibility index (Phi) is 3.84. The van der Waals surface area contributed by atoms with Crippen molar-refractivity contribution in [3.05, 3.63) is 23.8 Å². The molecule has 0 bridgehead atoms. The lowest BCUT2D eigenvalue weighted by Gasteiger charge is -2.21. The smallest absolute Gasteiger partial charge is 0.231 e. The molecule has 0 aromatic heterocycles. The Morgan fingerprint density at radius 3 is 3.00 bits per heavy atom. The number of nitrogens with zero attached hydrogens (tertiary/aromatic N) is 1. The second-order valence-corrected chi connectivity index (χ2v) is 4.51. The van der Waals surface area contributed by atoms with Crippen molar-refractivity contribution in [2.45, 2.75) is 18.9 Å². The van der Waals surface area contributed by atoms with E-state index >= 15 is 0 Å². The van der Waals surface area contributed by atoms with Crippen LogP contribution >= 0.6 is 0 Å². The van der Waals surface area contributed by atoms with Crippen LogP contribution in [0.25, 0.3) is 0 Å². The first-order valence-corrected chi connectivity index (χ1v) is 6.15. The number of nitrogens with one attached hydrogen (secondary N) is 1. The summed E-state index contributed by atoms with van der Waals surface area (Å²) in [6, 6.07) is 5.82. The molecule has 2 rings (SSSR count). The van der Waals surface area contributed by atoms with Gasteiger partial charge >= 0.3 is 0 Å². The predicted octanol–water partition coefficient (Wildman–Crippen LogP) is 0.327. The molecule has 5 nitrogen and oxygen atoms in total. The molecule has 1 heterocycles. The zero-order valence-corrected chi connectivity index (χ0v) is 10.5. The van der Waals surface area contributed by atoms with Gasteiger partial charge in [0.2, 0.25) is 5.91 Å². The molecule has 1 aliphatic rings. The largest absolute Gasteiger partial charge is 0.391 e. The number of nitrogens with two attached hydrogens (primary N) is 1. The number of β-amino-alcohol motifs (C(OH)–C–C–N with tert-alkyl or cyclic N) is 1. The molecule has 1 amide bonds. The predicted molar refractivity (Wildman–Crippen MR) is 71.7 cm³/mol. The van der Waals surface area contributed by atoms with Gasteiger partial charge in [0.05, 0.1) is 19.1 Å². The summed E-state index contributed by atoms with van der Waals surface area (Å²) >= 11 is 0. The van der Waals surface area contributed by atoms with E-state index in [1.807, 2.05) is 25.2 Å². The van der Waals surface area contributed by atoms with Gasteiger partial charge < -0.3 is 21.1 Å². The normalized spacial score (nSPS) is 15.7. The summed E-state index contributed by atoms with van der Waals surface area (Å²) < 4.78 is 0. The standard InChI is InChI=1S/C13H19N3O2/c1-15-10-2-3-12-9(6-10)7-13(18)16(12)8-11(17)4-5-14/h2-3,6,11,15,17H,4-5,7-8,14H2,1H3. The number of benzene rings is 1. The van der Waals surface area contributed by atoms with Gasteiger partial charge in [-0.15, -0.1) is 0 Å². The number of aliphatic hydroxyl groups excluding tert-OH is 1. The van der Waals surface area contributed by atoms with E-state index in [1.54, 1.807) is 4.90 Å². The third kappa shape index (κ3) is 2.47. The number of hydrogen-bond donors (Lipinski definition) is 3. The van der Waals surface area contributed by atoms with Crippen LogP contribution in [0.1, 0.15) is 12.0 Å². The van der Waals surface area contributed by atoms with Crippen LogP contribution in [0.15, 0.2) is 18.2 Å². The second kappa shape index (κ2) is 5.37. The SMILES string of the molecule is CNc1ccc2c(c1)CC(=O)N2CC(O)CCN. The van der Waals surface area contributed by atoms with Crippen molar-refractivity contribution in [3.63, 3.8) is 0 Å². The lowest BCUT2D eigenvalue weighted by Crippen LogP contribution is -2.35. The average Bonchev–Trinajstić information content (AvgIpc) is 2.65. The molecule has 1 aromatic carbocycles. The molecule has 98 valence electrons. The van der Waals surface area contributed by atoms with E-state index in [9.17, 15) is 9.90 Å². The van der Waals surface area contributed by atoms with Crippen LogP contribution in [0, 0.1) is 0 Å². The van der Waals surface area contributed by atoms with Crippen LogP contribution in [-0.4, -0.2) is 37.3 Å². The topological polar surface area (TPSA) is 78.6 Å². The summed E-state index contributed by atoms with van der Waals surface area (Å²) in [6.07, 6.45) is 0.349. The fourth-order valence-electron chi connectivity index (χ4n) is 2.23. The lowest BCUT2D eigenvalue weighted by atomic mass is 10.1. The zero-order valence-electron chi connectivity index (χ0n) is 10.5. The van der Waals surface area contributed by atoms with Gasteiger partial charge in [-0.05, 0) is 36.7 Å². The Labute approximate surface area is 107 Å². The highest BCUT2D eigenvalue weighted by Crippen LogP contribution is 2.31. The second-order valence-electron chi connectivity index (χ2n) is 4.51. The summed E-state index contributed by atoms with van der Waals surface area (Å²) in [6.45, 7) is 0.747. The molecule has 5 heteroatoms. The van der Waals surface area contributed by atoms with E-state index in [-0.39, 0.29) is 5.91 Å². The summed E-state index contributed by atoms with van der Waals surface area (Å²) in [5.41, 5.74) is 8.30. The van der Waals surface area contributed by atoms with Crippen LogP contribution in [0.5, 0.6) is 0 Å². The molecule has 4 N–H and O–H groups in total. The summed E-state index contributed by atoms with van der Waals surface area (Å²) in [5.74, 6) is 0.0364. The van der Waals surface area contributed by atoms with Crippen LogP contribution < -0.4 is 16.0 Å². The Morgan fingerprint density at radius 1 is 1.56 bits per heavy atom. The summed E-state index contributed by atoms with van der Waals surface area (Å²) in [7, 11) is 1.85. The summed E-state index contributed by atoms with van der Waals surface area (Å²) in [4.78, 5) is 13.6. The maximum atomic E-state index is 11.9. The molecule has 1 aromatic rings. The number of aliphatic hydroxyl groups is 1. The molecule has 1 aliphatic heterocycles. The van der Waals surface area contributed by atoms with Gasteiger partial charge in [-0.3, -0.25) is 4.79 Å². The van der Waals surface area contributed by atoms with Crippen LogP contribution in [0.3, 0.4) is 0 Å². The van der Waals surface area contributed by atoms with Gasteiger partial charge in [0.15, 0.2) is 0 Å². The number of carbonyl (C=O) groups excluding carboxylic acids is 1. The van der Waals surface area contributed by atoms with Gasteiger partial charge in [-0.2, -0.15) is 0 Å². The number of fused-ring (bicyclic) bond motifs is 1. The van der Waals surface area contributed by atoms with Gasteiger partial charge in [0.25, 0.3) is 0 Å². The van der Waals surface area contributed by atoms with Crippen molar-refractivity contribution in [3.8, 4) is 0 Å². The highest BCUT2D eigenvalue weighted by atomic mass is 16.3. The maximum Gasteiger partial charge on any atom is 0.231 e. The third-order valence-corrected chi connectivity index (χ3v) is 3.19. The Hall–Kier alpha value is -1.59. The van der Waals surface area contributed by atoms with Crippen molar-refractivity contribution < 1.29 is 9.90 Å². The molecule has 0 spiro atoms. The fourth-order valence-corrected chi connectivity index (χ4v) is 2.23. The van der Waals surface area contributed by atoms with E-state index in [2.05, 4.69) is 5.32 Å². The van der Waals surface area contributed by atoms with E-state index in [0.29, 0.717) is 25.9 Å². The molecular formula is C13H19N3O2. The van der Waals surface area contributed by atoms with Crippen LogP contribution in [-0.2, 0) is 11.2 Å². The Bertz CT molecular complexity index is 448. The Balaban J connectivity index is 2.17. The van der Waals surface area contributed by atoms with Crippen molar-refractivity contribution in [1.29, 1.82) is 0 Å². The van der Waals surface area contributed by atoms with Crippen molar-refractivity contribution in [2.75, 3.05) is 30.4 Å². The zero-order chi connectivity index (χ0) is 13.1. The molecule has 1 atom stereocenters. The first kappa shape index (κ1) is 12.9. The van der Waals surface area contributed by atoms with E-state index in [0.717, 1.165) is 16.9 Å².